The first-order valence-electron chi connectivity index (χ1n) is 51.8. The summed E-state index contributed by atoms with van der Waals surface area (Å²) in [5.74, 6) is -2.65. The van der Waals surface area contributed by atoms with Crippen molar-refractivity contribution in [3.05, 3.63) is 166 Å². The van der Waals surface area contributed by atoms with E-state index in [1.807, 2.05) is 30.4 Å². The highest BCUT2D eigenvalue weighted by molar-refractivity contribution is 5.94. The predicted octanol–water partition coefficient (Wildman–Crippen LogP) is 20.0. The highest BCUT2D eigenvalue weighted by atomic mass is 16.7. The van der Waals surface area contributed by atoms with E-state index in [4.69, 9.17) is 85.3 Å². The average molecular weight is 1940 g/mol. The standard InChI is InChI=1S/C16H28O3.C16H22O3.C15H24O3.C15H18O3.C14H24O4.C13H20O4.C12H22O3.C11H18O3/c2*1-3-13-6-8-14(9-7-13)12-19-16(18-2)10-4-5-15(16)11-17;2*1-3-12-4-6-13(7-5-12)11-18-15(17-2)9-8-14(16)10-15;1-3-12-6-7-13(18-12)10-17-14(16-2)8-4-5-11(14)9-15;1-3-11-4-5-12(17-11)9-16-13(15-2)7-6-10(14)8-13;1-3-4-5-9-15-12(14-2)8-6-7-11(12)10-13;1-3-4-5-8-14-11(13-2)7-6-10(12)9-11/h5,13-14,17H,3-4,6-12H2,1-2H3;5-9,17H,3-4,10-12H2,1-2H3;8-9,12-13H,3-7,10-11H2,1-2H3;4-9H,3,10-11H2,1-2H3;5,12-13,15H,3-4,6-10H2,1-2H3;6-7,11-12H,3-5,8-9H2,1-2H3;7,13H,3-6,8-10H2,1-2H3;6-7H,3-5,8-9H2,1-2H3. The van der Waals surface area contributed by atoms with Crippen molar-refractivity contribution in [2.24, 2.45) is 23.7 Å². The smallest absolute Gasteiger partial charge is 0.195 e. The second kappa shape index (κ2) is 62.8. The van der Waals surface area contributed by atoms with Crippen LogP contribution < -0.4 is 0 Å². The van der Waals surface area contributed by atoms with Gasteiger partial charge in [0.25, 0.3) is 0 Å². The minimum absolute atomic E-state index is 0.00303. The summed E-state index contributed by atoms with van der Waals surface area (Å²) in [4.78, 5) is 44.9. The summed E-state index contributed by atoms with van der Waals surface area (Å²) in [5, 5.41) is 37.3. The van der Waals surface area contributed by atoms with E-state index in [9.17, 15) is 39.6 Å². The van der Waals surface area contributed by atoms with Gasteiger partial charge in [-0.2, -0.15) is 0 Å². The van der Waals surface area contributed by atoms with Crippen LogP contribution in [0.25, 0.3) is 0 Å². The highest BCUT2D eigenvalue weighted by Gasteiger charge is 2.45. The van der Waals surface area contributed by atoms with E-state index in [1.54, 1.807) is 87.3 Å². The number of hydrogen-bond donors (Lipinski definition) is 4. The van der Waals surface area contributed by atoms with E-state index in [0.29, 0.717) is 83.1 Å². The van der Waals surface area contributed by atoms with Gasteiger partial charge in [0.05, 0.1) is 129 Å². The second-order valence-corrected chi connectivity index (χ2v) is 38.1. The fraction of sp³-hybridized carbons (Fsp3) is 0.714. The maximum atomic E-state index is 11.3. The van der Waals surface area contributed by atoms with Crippen molar-refractivity contribution in [2.75, 3.05) is 123 Å². The van der Waals surface area contributed by atoms with Crippen LogP contribution in [0.3, 0.4) is 0 Å². The summed E-state index contributed by atoms with van der Waals surface area (Å²) in [6.07, 6.45) is 58.4. The second-order valence-electron chi connectivity index (χ2n) is 38.1. The molecule has 0 bridgehead atoms. The van der Waals surface area contributed by atoms with Gasteiger partial charge < -0.3 is 106 Å². The van der Waals surface area contributed by atoms with Gasteiger partial charge in [0, 0.05) is 105 Å². The van der Waals surface area contributed by atoms with Crippen LogP contribution in [-0.4, -0.2) is 237 Å². The number of ketones is 4. The van der Waals surface area contributed by atoms with E-state index < -0.39 is 46.3 Å². The van der Waals surface area contributed by atoms with Crippen molar-refractivity contribution in [3.8, 4) is 0 Å². The summed E-state index contributed by atoms with van der Waals surface area (Å²) in [5.41, 5.74) is 8.28. The van der Waals surface area contributed by atoms with Crippen LogP contribution in [0.15, 0.2) is 144 Å². The Morgan fingerprint density at radius 3 is 0.884 bits per heavy atom. The molecule has 138 heavy (non-hydrogen) atoms. The Hall–Kier alpha value is -5.84. The Morgan fingerprint density at radius 1 is 0.297 bits per heavy atom. The first-order valence-corrected chi connectivity index (χ1v) is 51.8. The van der Waals surface area contributed by atoms with Crippen molar-refractivity contribution in [3.63, 3.8) is 0 Å². The SMILES string of the molecule is CCC1CCC(COC2(OC)C=CC(=O)C2)CC1.CCC1CCC(COC2(OC)C=CC(=O)C2)O1.CCC1CCC(COC2(OC)CCC=C2CO)CC1.CCC1CCC(COC2(OC)CCC=C2CO)O1.CCCCCOC1(OC)C=CC(=O)C1.CCCCCOC1(OC)CCC=C1CO.CCc1ccc(COC2(OC)C=CC(=O)C2)cc1.CCc1ccc(COC2(OC)CCC=C2CO)cc1. The summed E-state index contributed by atoms with van der Waals surface area (Å²) in [7, 11) is 12.9. The van der Waals surface area contributed by atoms with E-state index in [0.717, 1.165) is 180 Å². The number of allylic oxidation sites excluding steroid dienone is 8. The number of ether oxygens (including phenoxy) is 18. The Kier molecular flexibility index (Phi) is 54.2. The number of hydrogen-bond acceptors (Lipinski definition) is 26. The molecule has 2 aromatic rings. The van der Waals surface area contributed by atoms with Gasteiger partial charge in [0.1, 0.15) is 0 Å². The van der Waals surface area contributed by atoms with Gasteiger partial charge in [-0.1, -0.05) is 192 Å². The Bertz CT molecular complexity index is 4080. The van der Waals surface area contributed by atoms with Gasteiger partial charge in [0.2, 0.25) is 0 Å². The largest absolute Gasteiger partial charge is 0.392 e. The van der Waals surface area contributed by atoms with Crippen LogP contribution in [0.2, 0.25) is 0 Å². The molecule has 12 atom stereocenters. The van der Waals surface area contributed by atoms with Crippen LogP contribution in [0.4, 0.5) is 0 Å². The molecule has 14 rings (SSSR count). The first-order chi connectivity index (χ1) is 66.7. The number of carbonyl (C=O) groups excluding carboxylic acids is 4. The summed E-state index contributed by atoms with van der Waals surface area (Å²) >= 11 is 0. The zero-order chi connectivity index (χ0) is 100. The van der Waals surface area contributed by atoms with Gasteiger partial charge >= 0.3 is 0 Å². The molecule has 2 aliphatic heterocycles. The normalized spacial score (nSPS) is 30.3. The Morgan fingerprint density at radius 2 is 0.580 bits per heavy atom. The Balaban J connectivity index is 0.000000215. The number of aliphatic hydroxyl groups is 4. The lowest BCUT2D eigenvalue weighted by atomic mass is 9.81. The minimum atomic E-state index is -0.874. The fourth-order valence-corrected chi connectivity index (χ4v) is 19.4. The first kappa shape index (κ1) is 119. The van der Waals surface area contributed by atoms with E-state index in [2.05, 4.69) is 97.9 Å². The monoisotopic (exact) mass is 1940 g/mol. The molecule has 2 aromatic carbocycles. The van der Waals surface area contributed by atoms with Crippen LogP contribution in [0, 0.1) is 23.7 Å². The third kappa shape index (κ3) is 37.0. The lowest BCUT2D eigenvalue weighted by Crippen LogP contribution is -2.38. The van der Waals surface area contributed by atoms with Gasteiger partial charge in [-0.3, -0.25) is 19.2 Å². The van der Waals surface area contributed by atoms with E-state index in [-0.39, 0.29) is 74.6 Å². The van der Waals surface area contributed by atoms with Crippen molar-refractivity contribution in [1.29, 1.82) is 0 Å². The number of unbranched alkanes of at least 4 members (excludes halogenated alkanes) is 4. The summed E-state index contributed by atoms with van der Waals surface area (Å²) in [6, 6.07) is 16.7. The molecule has 4 fully saturated rings. The van der Waals surface area contributed by atoms with E-state index in [1.165, 1.54) is 106 Å². The number of carbonyl (C=O) groups is 4. The van der Waals surface area contributed by atoms with E-state index >= 15 is 0 Å². The molecule has 10 aliphatic carbocycles. The molecule has 780 valence electrons. The molecule has 0 spiro atoms. The third-order valence-electron chi connectivity index (χ3n) is 29.1. The zero-order valence-electron chi connectivity index (χ0n) is 86.9. The molecular formula is C112H176O26. The topological polar surface area (TPSA) is 315 Å². The molecule has 12 unspecified atom stereocenters. The van der Waals surface area contributed by atoms with Gasteiger partial charge in [-0.05, 0) is 210 Å². The lowest BCUT2D eigenvalue weighted by molar-refractivity contribution is -0.211. The number of aryl methyl sites for hydroxylation is 2. The van der Waals surface area contributed by atoms with Crippen LogP contribution in [-0.2, 0) is 130 Å². The van der Waals surface area contributed by atoms with Gasteiger partial charge in [-0.25, -0.2) is 0 Å². The molecule has 4 N–H and O–H groups in total. The zero-order valence-corrected chi connectivity index (χ0v) is 86.9. The van der Waals surface area contributed by atoms with Crippen molar-refractivity contribution < 1.29 is 125 Å². The van der Waals surface area contributed by atoms with Crippen LogP contribution >= 0.6 is 0 Å². The maximum Gasteiger partial charge on any atom is 0.195 e. The number of rotatable bonds is 46. The van der Waals surface area contributed by atoms with Crippen LogP contribution in [0.5, 0.6) is 0 Å². The third-order valence-corrected chi connectivity index (χ3v) is 29.1. The molecule has 0 amide bonds. The lowest BCUT2D eigenvalue weighted by Gasteiger charge is -2.34. The number of methoxy groups -OCH3 is 8. The van der Waals surface area contributed by atoms with Crippen LogP contribution in [0.1, 0.15) is 296 Å². The summed E-state index contributed by atoms with van der Waals surface area (Å²) < 4.78 is 102. The molecular weight excluding hydrogens is 1760 g/mol. The molecule has 2 saturated heterocycles. The fourth-order valence-electron chi connectivity index (χ4n) is 19.4. The molecule has 12 aliphatic rings. The predicted molar refractivity (Wildman–Crippen MR) is 534 cm³/mol. The molecule has 2 heterocycles. The molecule has 0 radical (unpaired) electrons. The molecule has 0 aromatic heterocycles. The Labute approximate surface area is 826 Å². The minimum Gasteiger partial charge on any atom is -0.392 e. The van der Waals surface area contributed by atoms with Gasteiger partial charge in [-0.15, -0.1) is 0 Å². The van der Waals surface area contributed by atoms with Gasteiger partial charge in [0.15, 0.2) is 69.4 Å². The van der Waals surface area contributed by atoms with Crippen molar-refractivity contribution in [2.45, 2.75) is 370 Å². The highest BCUT2D eigenvalue weighted by Crippen LogP contribution is 2.42. The van der Waals surface area contributed by atoms with Crippen molar-refractivity contribution >= 4 is 23.1 Å². The quantitative estimate of drug-likeness (QED) is 0.0272. The average Bonchev–Trinajstić information content (AvgIpc) is 1.67. The maximum absolute atomic E-state index is 11.3. The summed E-state index contributed by atoms with van der Waals surface area (Å²) in [6.45, 7) is 22.3. The number of benzene rings is 2. The molecule has 2 saturated carbocycles. The number of aliphatic hydroxyl groups excluding tert-OH is 4. The molecule has 26 nitrogen and oxygen atoms in total. The van der Waals surface area contributed by atoms with Crippen molar-refractivity contribution in [1.82, 2.24) is 0 Å². The molecule has 26 heteroatoms.